The Labute approximate surface area is 139 Å². The number of anilines is 1. The zero-order chi connectivity index (χ0) is 16.8. The Morgan fingerprint density at radius 1 is 1.09 bits per heavy atom. The number of hydrogen-bond donors (Lipinski definition) is 1. The van der Waals surface area contributed by atoms with E-state index in [0.29, 0.717) is 15.9 Å². The normalized spacial score (nSPS) is 10.0. The van der Waals surface area contributed by atoms with Crippen molar-refractivity contribution >= 4 is 39.5 Å². The fourth-order valence-electron chi connectivity index (χ4n) is 1.63. The summed E-state index contributed by atoms with van der Waals surface area (Å²) >= 11 is 3.06. The van der Waals surface area contributed by atoms with Gasteiger partial charge in [-0.2, -0.15) is 0 Å². The molecular weight excluding hydrogens is 370 g/mol. The highest BCUT2D eigenvalue weighted by Gasteiger charge is 2.14. The first kappa shape index (κ1) is 16.8. The summed E-state index contributed by atoms with van der Waals surface area (Å²) in [5.41, 5.74) is 0.819. The lowest BCUT2D eigenvalue weighted by Crippen LogP contribution is -2.20. The lowest BCUT2D eigenvalue weighted by Gasteiger charge is -2.06. The summed E-state index contributed by atoms with van der Waals surface area (Å²) in [6, 6.07) is 9.06. The van der Waals surface area contributed by atoms with Crippen LogP contribution >= 0.6 is 15.9 Å². The molecule has 8 heteroatoms. The van der Waals surface area contributed by atoms with Crippen molar-refractivity contribution < 1.29 is 28.3 Å². The first-order valence-corrected chi connectivity index (χ1v) is 7.19. The van der Waals surface area contributed by atoms with Crippen LogP contribution in [0.1, 0.15) is 20.9 Å². The predicted molar refractivity (Wildman–Crippen MR) is 83.1 cm³/mol. The molecule has 0 fully saturated rings. The molecule has 0 unspecified atom stereocenters. The van der Waals surface area contributed by atoms with Gasteiger partial charge in [0.15, 0.2) is 11.3 Å². The lowest BCUT2D eigenvalue weighted by molar-refractivity contribution is -0.119. The molecule has 0 saturated heterocycles. The summed E-state index contributed by atoms with van der Waals surface area (Å²) in [5, 5.41) is 2.53. The first-order chi connectivity index (χ1) is 11.0. The Morgan fingerprint density at radius 3 is 2.35 bits per heavy atom. The van der Waals surface area contributed by atoms with Crippen LogP contribution in [-0.2, 0) is 14.3 Å². The van der Waals surface area contributed by atoms with Crippen LogP contribution in [0.4, 0.5) is 5.69 Å². The molecular formula is C15H12BrNO6. The van der Waals surface area contributed by atoms with Crippen molar-refractivity contribution in [2.24, 2.45) is 0 Å². The Morgan fingerprint density at radius 2 is 1.78 bits per heavy atom. The average molecular weight is 382 g/mol. The van der Waals surface area contributed by atoms with E-state index in [1.165, 1.54) is 37.4 Å². The molecule has 0 atom stereocenters. The summed E-state index contributed by atoms with van der Waals surface area (Å²) < 4.78 is 14.8. The SMILES string of the molecule is COC(=O)c1ccc(NC(=O)COC(=O)c2ccc(Br)o2)cc1. The molecule has 120 valence electrons. The van der Waals surface area contributed by atoms with Gasteiger partial charge < -0.3 is 19.2 Å². The van der Waals surface area contributed by atoms with Crippen LogP contribution in [0.15, 0.2) is 45.5 Å². The van der Waals surface area contributed by atoms with E-state index < -0.39 is 24.5 Å². The topological polar surface area (TPSA) is 94.8 Å². The number of methoxy groups -OCH3 is 1. The van der Waals surface area contributed by atoms with Gasteiger partial charge in [0.2, 0.25) is 5.76 Å². The number of rotatable bonds is 5. The van der Waals surface area contributed by atoms with Crippen molar-refractivity contribution in [3.05, 3.63) is 52.4 Å². The minimum Gasteiger partial charge on any atom is -0.465 e. The molecule has 0 aliphatic rings. The highest BCUT2D eigenvalue weighted by atomic mass is 79.9. The number of esters is 2. The van der Waals surface area contributed by atoms with Crippen molar-refractivity contribution in [2.75, 3.05) is 19.0 Å². The van der Waals surface area contributed by atoms with Crippen molar-refractivity contribution in [2.45, 2.75) is 0 Å². The van der Waals surface area contributed by atoms with E-state index in [-0.39, 0.29) is 5.76 Å². The van der Waals surface area contributed by atoms with Crippen molar-refractivity contribution in [3.8, 4) is 0 Å². The van der Waals surface area contributed by atoms with Crippen molar-refractivity contribution in [1.29, 1.82) is 0 Å². The van der Waals surface area contributed by atoms with Gasteiger partial charge in [0.05, 0.1) is 12.7 Å². The van der Waals surface area contributed by atoms with Crippen molar-refractivity contribution in [1.82, 2.24) is 0 Å². The summed E-state index contributed by atoms with van der Waals surface area (Å²) in [5.74, 6) is -1.74. The van der Waals surface area contributed by atoms with Crippen LogP contribution in [0.2, 0.25) is 0 Å². The van der Waals surface area contributed by atoms with Gasteiger partial charge >= 0.3 is 11.9 Å². The molecule has 0 radical (unpaired) electrons. The molecule has 0 bridgehead atoms. The maximum Gasteiger partial charge on any atom is 0.374 e. The fourth-order valence-corrected chi connectivity index (χ4v) is 1.94. The number of carbonyl (C=O) groups excluding carboxylic acids is 3. The van der Waals surface area contributed by atoms with E-state index in [1.807, 2.05) is 0 Å². The number of hydrogen-bond acceptors (Lipinski definition) is 6. The Bertz CT molecular complexity index is 722. The minimum absolute atomic E-state index is 0.00731. The quantitative estimate of drug-likeness (QED) is 0.799. The minimum atomic E-state index is -0.744. The van der Waals surface area contributed by atoms with Crippen LogP contribution in [0.3, 0.4) is 0 Å². The summed E-state index contributed by atoms with van der Waals surface area (Å²) in [4.78, 5) is 34.6. The van der Waals surface area contributed by atoms with Gasteiger partial charge in [0.1, 0.15) is 0 Å². The van der Waals surface area contributed by atoms with Gasteiger partial charge in [-0.1, -0.05) is 0 Å². The molecule has 7 nitrogen and oxygen atoms in total. The number of amides is 1. The molecule has 1 heterocycles. The highest BCUT2D eigenvalue weighted by Crippen LogP contribution is 2.15. The smallest absolute Gasteiger partial charge is 0.374 e. The third kappa shape index (κ3) is 4.68. The van der Waals surface area contributed by atoms with E-state index >= 15 is 0 Å². The Balaban J connectivity index is 1.85. The number of nitrogens with one attached hydrogen (secondary N) is 1. The van der Waals surface area contributed by atoms with E-state index in [1.54, 1.807) is 6.07 Å². The zero-order valence-corrected chi connectivity index (χ0v) is 13.6. The molecule has 23 heavy (non-hydrogen) atoms. The fraction of sp³-hybridized carbons (Fsp3) is 0.133. The van der Waals surface area contributed by atoms with Crippen LogP contribution < -0.4 is 5.32 Å². The van der Waals surface area contributed by atoms with Crippen LogP contribution in [0.5, 0.6) is 0 Å². The van der Waals surface area contributed by atoms with Crippen LogP contribution in [-0.4, -0.2) is 31.6 Å². The molecule has 1 aromatic carbocycles. The van der Waals surface area contributed by atoms with E-state index in [2.05, 4.69) is 26.0 Å². The number of carbonyl (C=O) groups is 3. The Hall–Kier alpha value is -2.61. The largest absolute Gasteiger partial charge is 0.465 e. The standard InChI is InChI=1S/C15H12BrNO6/c1-21-14(19)9-2-4-10(5-3-9)17-13(18)8-22-15(20)11-6-7-12(16)23-11/h2-7H,8H2,1H3,(H,17,18). The Kier molecular flexibility index (Phi) is 5.53. The van der Waals surface area contributed by atoms with Crippen LogP contribution in [0.25, 0.3) is 0 Å². The van der Waals surface area contributed by atoms with Gasteiger partial charge in [0.25, 0.3) is 5.91 Å². The van der Waals surface area contributed by atoms with Crippen LogP contribution in [0, 0.1) is 0 Å². The molecule has 1 amide bonds. The first-order valence-electron chi connectivity index (χ1n) is 6.40. The number of furan rings is 1. The highest BCUT2D eigenvalue weighted by molar-refractivity contribution is 9.10. The number of halogens is 1. The molecule has 2 rings (SSSR count). The maximum absolute atomic E-state index is 11.7. The second kappa shape index (κ2) is 7.59. The molecule has 1 aromatic heterocycles. The zero-order valence-electron chi connectivity index (χ0n) is 12.0. The second-order valence-corrected chi connectivity index (χ2v) is 5.08. The summed E-state index contributed by atoms with van der Waals surface area (Å²) in [7, 11) is 1.28. The van der Waals surface area contributed by atoms with Gasteiger partial charge in [0, 0.05) is 5.69 Å². The third-order valence-electron chi connectivity index (χ3n) is 2.70. The number of benzene rings is 1. The monoisotopic (exact) mass is 381 g/mol. The second-order valence-electron chi connectivity index (χ2n) is 4.30. The van der Waals surface area contributed by atoms with Crippen molar-refractivity contribution in [3.63, 3.8) is 0 Å². The van der Waals surface area contributed by atoms with Gasteiger partial charge in [-0.25, -0.2) is 9.59 Å². The molecule has 1 N–H and O–H groups in total. The third-order valence-corrected chi connectivity index (χ3v) is 3.12. The van der Waals surface area contributed by atoms with E-state index in [9.17, 15) is 14.4 Å². The van der Waals surface area contributed by atoms with E-state index in [4.69, 9.17) is 9.15 Å². The predicted octanol–water partition coefficient (Wildman–Crippen LogP) is 2.62. The van der Waals surface area contributed by atoms with Gasteiger partial charge in [-0.05, 0) is 52.3 Å². The molecule has 0 aliphatic carbocycles. The average Bonchev–Trinajstić information content (AvgIpc) is 2.99. The molecule has 2 aromatic rings. The summed E-state index contributed by atoms with van der Waals surface area (Å²) in [6.07, 6.45) is 0. The molecule has 0 aliphatic heterocycles. The maximum atomic E-state index is 11.7. The van der Waals surface area contributed by atoms with Gasteiger partial charge in [-0.3, -0.25) is 4.79 Å². The van der Waals surface area contributed by atoms with E-state index in [0.717, 1.165) is 0 Å². The van der Waals surface area contributed by atoms with Gasteiger partial charge in [-0.15, -0.1) is 0 Å². The lowest BCUT2D eigenvalue weighted by atomic mass is 10.2. The molecule has 0 saturated carbocycles. The molecule has 0 spiro atoms. The number of ether oxygens (including phenoxy) is 2. The summed E-state index contributed by atoms with van der Waals surface area (Å²) in [6.45, 7) is -0.462.